The van der Waals surface area contributed by atoms with Crippen LogP contribution < -0.4 is 5.30 Å². The van der Waals surface area contributed by atoms with Gasteiger partial charge in [-0.3, -0.25) is 0 Å². The highest BCUT2D eigenvalue weighted by Crippen LogP contribution is 2.56. The predicted octanol–water partition coefficient (Wildman–Crippen LogP) is 11.2. The summed E-state index contributed by atoms with van der Waals surface area (Å²) in [4.78, 5) is 15.3. The number of hydrogen-bond acceptors (Lipinski definition) is 4. The van der Waals surface area contributed by atoms with E-state index in [9.17, 15) is 4.57 Å². The van der Waals surface area contributed by atoms with E-state index in [1.54, 1.807) is 13.3 Å². The Labute approximate surface area is 310 Å². The lowest BCUT2D eigenvalue weighted by Crippen LogP contribution is -2.28. The second-order valence-corrected chi connectivity index (χ2v) is 17.2. The average molecular weight is 702 g/mol. The molecule has 4 nitrogen and oxygen atoms in total. The molecule has 7 aromatic carbocycles. The van der Waals surface area contributed by atoms with E-state index in [0.29, 0.717) is 17.5 Å². The van der Waals surface area contributed by atoms with E-state index < -0.39 is 12.6 Å². The number of nitrogens with zero attached hydrogens (tertiary/aromatic N) is 3. The van der Waals surface area contributed by atoms with Crippen LogP contribution in [0.5, 0.6) is 0 Å². The van der Waals surface area contributed by atoms with Crippen LogP contribution in [-0.4, -0.2) is 28.3 Å². The van der Waals surface area contributed by atoms with E-state index in [1.165, 1.54) is 27.8 Å². The zero-order valence-corrected chi connectivity index (χ0v) is 30.4. The van der Waals surface area contributed by atoms with Crippen LogP contribution in [0.3, 0.4) is 0 Å². The van der Waals surface area contributed by atoms with Crippen LogP contribution >= 0.6 is 7.14 Å². The molecule has 0 amide bonds. The van der Waals surface area contributed by atoms with Gasteiger partial charge >= 0.3 is 0 Å². The zero-order chi connectivity index (χ0) is 36.0. The van der Waals surface area contributed by atoms with Crippen LogP contribution in [0, 0.1) is 0 Å². The van der Waals surface area contributed by atoms with Crippen molar-refractivity contribution in [3.63, 3.8) is 0 Å². The van der Waals surface area contributed by atoms with Crippen LogP contribution in [0.4, 0.5) is 0 Å². The van der Waals surface area contributed by atoms with E-state index in [0.717, 1.165) is 38.7 Å². The molecule has 0 fully saturated rings. The summed E-state index contributed by atoms with van der Waals surface area (Å²) in [6.45, 7) is 3.61. The summed E-state index contributed by atoms with van der Waals surface area (Å²) in [7, 11) is -2.42. The number of rotatable bonds is 7. The van der Waals surface area contributed by atoms with Crippen LogP contribution in [0.2, 0.25) is 0 Å². The molecule has 0 aliphatic heterocycles. The van der Waals surface area contributed by atoms with Crippen molar-refractivity contribution < 1.29 is 4.57 Å². The lowest BCUT2D eigenvalue weighted by Gasteiger charge is -2.34. The molecule has 1 heterocycles. The second kappa shape index (κ2) is 13.1. The summed E-state index contributed by atoms with van der Waals surface area (Å²) in [5, 5.41) is 0.856. The summed E-state index contributed by atoms with van der Waals surface area (Å²) in [5.41, 5.74) is 11.5. The standard InChI is InChI=1S/C48H36N3OP/c1-53(2,52)40-25-15-19-35(32-40)34-18-13-20-36(30-34)46-49-45(33-16-5-3-6-17-33)50-47(51-46)37-21-14-24-39(31-37)48(38-22-7-4-8-23-38)43-28-11-9-26-41(43)42-27-10-12-29-44(42)48/h3-32H,1-2H3. The lowest BCUT2D eigenvalue weighted by molar-refractivity contribution is 0.588. The third-order valence-electron chi connectivity index (χ3n) is 10.3. The molecule has 1 aliphatic rings. The van der Waals surface area contributed by atoms with Gasteiger partial charge in [-0.15, -0.1) is 0 Å². The van der Waals surface area contributed by atoms with Crippen molar-refractivity contribution in [3.8, 4) is 56.4 Å². The van der Waals surface area contributed by atoms with Gasteiger partial charge in [0.25, 0.3) is 0 Å². The molecule has 1 aromatic heterocycles. The SMILES string of the molecule is CP(C)(=O)c1cccc(-c2cccc(-c3nc(-c4ccccc4)nc(-c4cccc(C5(c6ccccc6)c6ccccc6-c6ccccc65)c4)n3)c2)c1. The topological polar surface area (TPSA) is 55.7 Å². The molecule has 0 spiro atoms. The van der Waals surface area contributed by atoms with E-state index in [-0.39, 0.29) is 0 Å². The van der Waals surface area contributed by atoms with Gasteiger partial charge in [0.15, 0.2) is 17.5 Å². The largest absolute Gasteiger partial charge is 0.319 e. The minimum Gasteiger partial charge on any atom is -0.319 e. The fourth-order valence-corrected chi connectivity index (χ4v) is 8.71. The Morgan fingerprint density at radius 2 is 0.830 bits per heavy atom. The van der Waals surface area contributed by atoms with E-state index >= 15 is 0 Å². The number of hydrogen-bond donors (Lipinski definition) is 0. The van der Waals surface area contributed by atoms with Gasteiger partial charge in [0.1, 0.15) is 7.14 Å². The van der Waals surface area contributed by atoms with Gasteiger partial charge in [0, 0.05) is 22.0 Å². The van der Waals surface area contributed by atoms with Crippen LogP contribution in [0.15, 0.2) is 182 Å². The first-order valence-electron chi connectivity index (χ1n) is 17.8. The van der Waals surface area contributed by atoms with Gasteiger partial charge in [-0.2, -0.15) is 0 Å². The fraction of sp³-hybridized carbons (Fsp3) is 0.0625. The Bertz CT molecular complexity index is 2640. The summed E-state index contributed by atoms with van der Waals surface area (Å²) in [5.74, 6) is 1.79. The van der Waals surface area contributed by atoms with Gasteiger partial charge in [-0.25, -0.2) is 15.0 Å². The maximum absolute atomic E-state index is 12.9. The highest BCUT2D eigenvalue weighted by atomic mass is 31.2. The molecule has 0 radical (unpaired) electrons. The van der Waals surface area contributed by atoms with Gasteiger partial charge in [-0.05, 0) is 76.0 Å². The van der Waals surface area contributed by atoms with Crippen LogP contribution in [0.1, 0.15) is 22.3 Å². The Kier molecular flexibility index (Phi) is 8.06. The molecule has 9 rings (SSSR count). The third kappa shape index (κ3) is 5.73. The first-order valence-corrected chi connectivity index (χ1v) is 20.4. The minimum atomic E-state index is -2.42. The number of fused-ring (bicyclic) bond motifs is 3. The quantitative estimate of drug-likeness (QED) is 0.155. The normalized spacial score (nSPS) is 12.9. The van der Waals surface area contributed by atoms with Gasteiger partial charge in [-0.1, -0.05) is 164 Å². The summed E-state index contributed by atoms with van der Waals surface area (Å²) in [6.07, 6.45) is 0. The van der Waals surface area contributed by atoms with E-state index in [1.807, 2.05) is 60.7 Å². The molecule has 0 saturated heterocycles. The Hall–Kier alpha value is -6.22. The Morgan fingerprint density at radius 3 is 1.45 bits per heavy atom. The van der Waals surface area contributed by atoms with Crippen molar-refractivity contribution in [1.82, 2.24) is 15.0 Å². The monoisotopic (exact) mass is 701 g/mol. The summed E-state index contributed by atoms with van der Waals surface area (Å²) in [6, 6.07) is 63.4. The molecule has 0 atom stereocenters. The highest BCUT2D eigenvalue weighted by Gasteiger charge is 2.45. The lowest BCUT2D eigenvalue weighted by atomic mass is 9.67. The maximum Gasteiger partial charge on any atom is 0.164 e. The van der Waals surface area contributed by atoms with Crippen LogP contribution in [-0.2, 0) is 9.98 Å². The molecular weight excluding hydrogens is 666 g/mol. The van der Waals surface area contributed by atoms with Gasteiger partial charge in [0.2, 0.25) is 0 Å². The molecule has 0 saturated carbocycles. The molecule has 5 heteroatoms. The smallest absolute Gasteiger partial charge is 0.164 e. The Balaban J connectivity index is 1.23. The molecule has 0 unspecified atom stereocenters. The minimum absolute atomic E-state index is 0.535. The molecular formula is C48H36N3OP. The number of aromatic nitrogens is 3. The average Bonchev–Trinajstić information content (AvgIpc) is 3.52. The third-order valence-corrected chi connectivity index (χ3v) is 11.8. The molecule has 254 valence electrons. The summed E-state index contributed by atoms with van der Waals surface area (Å²) < 4.78 is 12.9. The number of benzene rings is 7. The second-order valence-electron chi connectivity index (χ2n) is 13.9. The van der Waals surface area contributed by atoms with Gasteiger partial charge < -0.3 is 4.57 Å². The van der Waals surface area contributed by atoms with E-state index in [2.05, 4.69) is 121 Å². The first-order chi connectivity index (χ1) is 25.9. The van der Waals surface area contributed by atoms with Crippen molar-refractivity contribution in [1.29, 1.82) is 0 Å². The zero-order valence-electron chi connectivity index (χ0n) is 29.5. The predicted molar refractivity (Wildman–Crippen MR) is 218 cm³/mol. The summed E-state index contributed by atoms with van der Waals surface area (Å²) >= 11 is 0. The Morgan fingerprint density at radius 1 is 0.396 bits per heavy atom. The molecule has 8 aromatic rings. The maximum atomic E-state index is 12.9. The molecule has 1 aliphatic carbocycles. The van der Waals surface area contributed by atoms with Crippen molar-refractivity contribution >= 4 is 12.4 Å². The van der Waals surface area contributed by atoms with Gasteiger partial charge in [0.05, 0.1) is 5.41 Å². The first kappa shape index (κ1) is 32.7. The van der Waals surface area contributed by atoms with E-state index in [4.69, 9.17) is 15.0 Å². The molecule has 0 N–H and O–H groups in total. The fourth-order valence-electron chi connectivity index (χ4n) is 7.81. The van der Waals surface area contributed by atoms with Crippen molar-refractivity contribution in [3.05, 3.63) is 204 Å². The molecule has 53 heavy (non-hydrogen) atoms. The van der Waals surface area contributed by atoms with Crippen LogP contribution in [0.25, 0.3) is 56.4 Å². The van der Waals surface area contributed by atoms with Crippen molar-refractivity contribution in [2.24, 2.45) is 0 Å². The molecule has 0 bridgehead atoms. The highest BCUT2D eigenvalue weighted by molar-refractivity contribution is 7.70. The van der Waals surface area contributed by atoms with Crippen molar-refractivity contribution in [2.45, 2.75) is 5.41 Å². The van der Waals surface area contributed by atoms with Crippen molar-refractivity contribution in [2.75, 3.05) is 13.3 Å².